The number of amides is 1. The molecule has 0 spiro atoms. The molecule has 0 bridgehead atoms. The van der Waals surface area contributed by atoms with Gasteiger partial charge in [-0.05, 0) is 37.0 Å². The monoisotopic (exact) mass is 288 g/mol. The van der Waals surface area contributed by atoms with E-state index in [2.05, 4.69) is 5.32 Å². The molecule has 0 aliphatic heterocycles. The number of oxazole rings is 1. The molecule has 5 heteroatoms. The van der Waals surface area contributed by atoms with Gasteiger partial charge in [-0.3, -0.25) is 9.36 Å². The predicted molar refractivity (Wildman–Crippen MR) is 80.2 cm³/mol. The first-order valence-corrected chi connectivity index (χ1v) is 7.51. The van der Waals surface area contributed by atoms with Crippen LogP contribution in [-0.4, -0.2) is 16.5 Å². The number of nitrogens with one attached hydrogen (secondary N) is 1. The van der Waals surface area contributed by atoms with Gasteiger partial charge in [0.1, 0.15) is 0 Å². The quantitative estimate of drug-likeness (QED) is 0.937. The van der Waals surface area contributed by atoms with Crippen LogP contribution in [0, 0.1) is 0 Å². The first-order chi connectivity index (χ1) is 10.1. The average Bonchev–Trinajstić information content (AvgIpc) is 3.07. The zero-order valence-corrected chi connectivity index (χ0v) is 12.2. The SMILES string of the molecule is Cn1c(=O)oc2ccc(CCC(=O)NC3CCCC3)cc21. The smallest absolute Gasteiger partial charge is 0.408 e. The van der Waals surface area contributed by atoms with E-state index in [4.69, 9.17) is 4.42 Å². The molecule has 21 heavy (non-hydrogen) atoms. The Morgan fingerprint density at radius 3 is 2.90 bits per heavy atom. The lowest BCUT2D eigenvalue weighted by Gasteiger charge is -2.11. The Morgan fingerprint density at radius 2 is 2.14 bits per heavy atom. The van der Waals surface area contributed by atoms with Crippen molar-refractivity contribution < 1.29 is 9.21 Å². The zero-order chi connectivity index (χ0) is 14.8. The van der Waals surface area contributed by atoms with Crippen molar-refractivity contribution in [1.82, 2.24) is 9.88 Å². The third-order valence-corrected chi connectivity index (χ3v) is 4.22. The van der Waals surface area contributed by atoms with E-state index in [0.717, 1.165) is 23.9 Å². The predicted octanol–water partition coefficient (Wildman–Crippen LogP) is 2.12. The lowest BCUT2D eigenvalue weighted by atomic mass is 10.1. The summed E-state index contributed by atoms with van der Waals surface area (Å²) in [5, 5.41) is 3.09. The van der Waals surface area contributed by atoms with Gasteiger partial charge in [-0.15, -0.1) is 0 Å². The number of rotatable bonds is 4. The van der Waals surface area contributed by atoms with E-state index in [0.29, 0.717) is 24.5 Å². The Hall–Kier alpha value is -2.04. The van der Waals surface area contributed by atoms with Gasteiger partial charge in [0.25, 0.3) is 0 Å². The van der Waals surface area contributed by atoms with Crippen molar-refractivity contribution >= 4 is 17.0 Å². The maximum atomic E-state index is 11.9. The van der Waals surface area contributed by atoms with Crippen LogP contribution in [-0.2, 0) is 18.3 Å². The minimum absolute atomic E-state index is 0.114. The van der Waals surface area contributed by atoms with E-state index in [9.17, 15) is 9.59 Å². The highest BCUT2D eigenvalue weighted by Gasteiger charge is 2.16. The number of hydrogen-bond acceptors (Lipinski definition) is 3. The second kappa shape index (κ2) is 5.76. The Morgan fingerprint density at radius 1 is 1.38 bits per heavy atom. The zero-order valence-electron chi connectivity index (χ0n) is 12.2. The van der Waals surface area contributed by atoms with Crippen LogP contribution < -0.4 is 11.1 Å². The Kier molecular flexibility index (Phi) is 3.82. The molecule has 1 fully saturated rings. The number of fused-ring (bicyclic) bond motifs is 1. The summed E-state index contributed by atoms with van der Waals surface area (Å²) < 4.78 is 6.58. The van der Waals surface area contributed by atoms with Gasteiger partial charge < -0.3 is 9.73 Å². The van der Waals surface area contributed by atoms with E-state index in [-0.39, 0.29) is 11.7 Å². The molecule has 3 rings (SSSR count). The summed E-state index contributed by atoms with van der Waals surface area (Å²) in [6.07, 6.45) is 5.80. The van der Waals surface area contributed by atoms with Crippen LogP contribution in [0.4, 0.5) is 0 Å². The minimum Gasteiger partial charge on any atom is -0.408 e. The molecule has 2 aromatic rings. The molecular weight excluding hydrogens is 268 g/mol. The summed E-state index contributed by atoms with van der Waals surface area (Å²) in [5.74, 6) is -0.246. The lowest BCUT2D eigenvalue weighted by Crippen LogP contribution is -2.32. The van der Waals surface area contributed by atoms with Crippen LogP contribution in [0.15, 0.2) is 27.4 Å². The van der Waals surface area contributed by atoms with E-state index < -0.39 is 0 Å². The maximum absolute atomic E-state index is 11.9. The van der Waals surface area contributed by atoms with Crippen molar-refractivity contribution in [1.29, 1.82) is 0 Å². The molecule has 0 atom stereocenters. The van der Waals surface area contributed by atoms with Crippen molar-refractivity contribution in [3.8, 4) is 0 Å². The van der Waals surface area contributed by atoms with E-state index in [1.54, 1.807) is 13.1 Å². The average molecular weight is 288 g/mol. The normalized spacial score (nSPS) is 15.7. The highest BCUT2D eigenvalue weighted by atomic mass is 16.4. The van der Waals surface area contributed by atoms with Crippen LogP contribution in [0.25, 0.3) is 11.1 Å². The summed E-state index contributed by atoms with van der Waals surface area (Å²) in [4.78, 5) is 23.4. The van der Waals surface area contributed by atoms with Crippen molar-refractivity contribution in [2.75, 3.05) is 0 Å². The number of aromatic nitrogens is 1. The summed E-state index contributed by atoms with van der Waals surface area (Å²) in [5.41, 5.74) is 2.40. The third-order valence-electron chi connectivity index (χ3n) is 4.22. The molecule has 5 nitrogen and oxygen atoms in total. The standard InChI is InChI=1S/C16H20N2O3/c1-18-13-10-11(6-8-14(13)21-16(18)20)7-9-15(19)17-12-4-2-3-5-12/h6,8,10,12H,2-5,7,9H2,1H3,(H,17,19). The van der Waals surface area contributed by atoms with Gasteiger partial charge in [0.2, 0.25) is 5.91 Å². The molecule has 1 heterocycles. The summed E-state index contributed by atoms with van der Waals surface area (Å²) in [7, 11) is 1.69. The molecule has 1 aromatic heterocycles. The molecular formula is C16H20N2O3. The summed E-state index contributed by atoms with van der Waals surface area (Å²) >= 11 is 0. The molecule has 0 radical (unpaired) electrons. The highest BCUT2D eigenvalue weighted by Crippen LogP contribution is 2.18. The molecule has 112 valence electrons. The van der Waals surface area contributed by atoms with Crippen molar-refractivity contribution in [3.05, 3.63) is 34.3 Å². The number of nitrogens with zero attached hydrogens (tertiary/aromatic N) is 1. The molecule has 1 N–H and O–H groups in total. The number of aryl methyl sites for hydroxylation is 2. The van der Waals surface area contributed by atoms with Gasteiger partial charge >= 0.3 is 5.76 Å². The lowest BCUT2D eigenvalue weighted by molar-refractivity contribution is -0.121. The molecule has 1 aliphatic rings. The molecule has 0 unspecified atom stereocenters. The molecule has 1 saturated carbocycles. The number of carbonyl (C=O) groups is 1. The van der Waals surface area contributed by atoms with Crippen LogP contribution in [0.5, 0.6) is 0 Å². The van der Waals surface area contributed by atoms with Crippen LogP contribution >= 0.6 is 0 Å². The fourth-order valence-corrected chi connectivity index (χ4v) is 2.96. The first-order valence-electron chi connectivity index (χ1n) is 7.51. The second-order valence-corrected chi connectivity index (χ2v) is 5.78. The second-order valence-electron chi connectivity index (χ2n) is 5.78. The van der Waals surface area contributed by atoms with E-state index in [1.807, 2.05) is 12.1 Å². The van der Waals surface area contributed by atoms with E-state index in [1.165, 1.54) is 17.4 Å². The van der Waals surface area contributed by atoms with Crippen molar-refractivity contribution in [2.24, 2.45) is 7.05 Å². The third kappa shape index (κ3) is 3.01. The maximum Gasteiger partial charge on any atom is 0.419 e. The van der Waals surface area contributed by atoms with Gasteiger partial charge in [0, 0.05) is 19.5 Å². The Bertz CT molecular complexity index is 708. The van der Waals surface area contributed by atoms with Gasteiger partial charge in [-0.25, -0.2) is 4.79 Å². The minimum atomic E-state index is -0.360. The topological polar surface area (TPSA) is 64.2 Å². The van der Waals surface area contributed by atoms with E-state index >= 15 is 0 Å². The van der Waals surface area contributed by atoms with Gasteiger partial charge in [-0.1, -0.05) is 18.9 Å². The molecule has 1 aliphatic carbocycles. The van der Waals surface area contributed by atoms with Gasteiger partial charge in [0.05, 0.1) is 5.52 Å². The Balaban J connectivity index is 1.63. The van der Waals surface area contributed by atoms with Crippen LogP contribution in [0.3, 0.4) is 0 Å². The molecule has 1 amide bonds. The van der Waals surface area contributed by atoms with Crippen molar-refractivity contribution in [2.45, 2.75) is 44.6 Å². The first kappa shape index (κ1) is 13.9. The number of hydrogen-bond donors (Lipinski definition) is 1. The van der Waals surface area contributed by atoms with Crippen LogP contribution in [0.2, 0.25) is 0 Å². The highest BCUT2D eigenvalue weighted by molar-refractivity contribution is 5.77. The van der Waals surface area contributed by atoms with Gasteiger partial charge in [-0.2, -0.15) is 0 Å². The number of benzene rings is 1. The van der Waals surface area contributed by atoms with Crippen LogP contribution in [0.1, 0.15) is 37.7 Å². The number of carbonyl (C=O) groups excluding carboxylic acids is 1. The Labute approximate surface area is 122 Å². The summed E-state index contributed by atoms with van der Waals surface area (Å²) in [6.45, 7) is 0. The van der Waals surface area contributed by atoms with Crippen molar-refractivity contribution in [3.63, 3.8) is 0 Å². The fraction of sp³-hybridized carbons (Fsp3) is 0.500. The largest absolute Gasteiger partial charge is 0.419 e. The molecule has 0 saturated heterocycles. The van der Waals surface area contributed by atoms with Gasteiger partial charge in [0.15, 0.2) is 5.58 Å². The summed E-state index contributed by atoms with van der Waals surface area (Å²) in [6, 6.07) is 5.99. The molecule has 1 aromatic carbocycles. The fourth-order valence-electron chi connectivity index (χ4n) is 2.96.